The second-order valence-corrected chi connectivity index (χ2v) is 10.0. The van der Waals surface area contributed by atoms with E-state index >= 15 is 0 Å². The zero-order valence-electron chi connectivity index (χ0n) is 21.0. The number of nitrogens with one attached hydrogen (secondary N) is 1. The van der Waals surface area contributed by atoms with Gasteiger partial charge in [-0.25, -0.2) is 0 Å². The number of aliphatic hydroxyl groups is 3. The average Bonchev–Trinajstić information content (AvgIpc) is 3.45. The number of ether oxygens (including phenoxy) is 4. The minimum atomic E-state index is -1.17. The van der Waals surface area contributed by atoms with E-state index < -0.39 is 24.2 Å². The maximum Gasteiger partial charge on any atom is 0.247 e. The molecule has 1 unspecified atom stereocenters. The van der Waals surface area contributed by atoms with E-state index in [1.165, 1.54) is 14.2 Å². The van der Waals surface area contributed by atoms with Crippen molar-refractivity contribution in [2.45, 2.75) is 37.7 Å². The Morgan fingerprint density at radius 2 is 2.05 bits per heavy atom. The van der Waals surface area contributed by atoms with Crippen LogP contribution in [0.4, 0.5) is 0 Å². The maximum absolute atomic E-state index is 13.5. The smallest absolute Gasteiger partial charge is 0.247 e. The van der Waals surface area contributed by atoms with Crippen LogP contribution in [0.5, 0.6) is 11.5 Å². The van der Waals surface area contributed by atoms with Crippen LogP contribution in [0.2, 0.25) is 0 Å². The third kappa shape index (κ3) is 7.33. The van der Waals surface area contributed by atoms with Gasteiger partial charge in [-0.2, -0.15) is 0 Å². The number of hydrogen-bond acceptors (Lipinski definition) is 9. The summed E-state index contributed by atoms with van der Waals surface area (Å²) in [7, 11) is 3.00. The second-order valence-electron chi connectivity index (χ2n) is 8.87. The van der Waals surface area contributed by atoms with Crippen molar-refractivity contribution in [3.8, 4) is 11.5 Å². The first-order chi connectivity index (χ1) is 17.8. The molecule has 0 aromatic heterocycles. The number of hydrogen-bond donors (Lipinski definition) is 4. The number of carbonyl (C=O) groups excluding carboxylic acids is 2. The summed E-state index contributed by atoms with van der Waals surface area (Å²) in [6.45, 7) is 0.918. The number of rotatable bonds is 12. The predicted molar refractivity (Wildman–Crippen MR) is 141 cm³/mol. The molecule has 1 aliphatic carbocycles. The first-order valence-electron chi connectivity index (χ1n) is 12.1. The van der Waals surface area contributed by atoms with E-state index in [1.54, 1.807) is 23.1 Å². The molecule has 0 bridgehead atoms. The topological polar surface area (TPSA) is 147 Å². The molecule has 4 atom stereocenters. The lowest BCUT2D eigenvalue weighted by atomic mass is 9.87. The Kier molecular flexibility index (Phi) is 11.4. The van der Waals surface area contributed by atoms with Crippen LogP contribution in [0.3, 0.4) is 0 Å². The molecule has 37 heavy (non-hydrogen) atoms. The summed E-state index contributed by atoms with van der Waals surface area (Å²) in [6, 6.07) is 2.60. The van der Waals surface area contributed by atoms with Crippen molar-refractivity contribution in [2.24, 2.45) is 5.92 Å². The largest absolute Gasteiger partial charge is 0.493 e. The van der Waals surface area contributed by atoms with Gasteiger partial charge in [0.05, 0.1) is 49.1 Å². The Bertz CT molecular complexity index is 968. The van der Waals surface area contributed by atoms with Crippen LogP contribution in [0.25, 0.3) is 0 Å². The van der Waals surface area contributed by atoms with Crippen LogP contribution in [-0.2, 0) is 25.7 Å². The lowest BCUT2D eigenvalue weighted by Gasteiger charge is -2.41. The Labute approximate surface area is 229 Å². The van der Waals surface area contributed by atoms with E-state index in [0.29, 0.717) is 45.8 Å². The zero-order chi connectivity index (χ0) is 26.9. The first-order valence-corrected chi connectivity index (χ1v) is 13.2. The van der Waals surface area contributed by atoms with Crippen LogP contribution < -0.4 is 14.8 Å². The van der Waals surface area contributed by atoms with Crippen molar-refractivity contribution in [3.05, 3.63) is 32.9 Å². The van der Waals surface area contributed by atoms with Crippen LogP contribution in [0.15, 0.2) is 23.8 Å². The van der Waals surface area contributed by atoms with Gasteiger partial charge in [-0.05, 0) is 52.8 Å². The van der Waals surface area contributed by atoms with E-state index in [9.17, 15) is 19.8 Å². The summed E-state index contributed by atoms with van der Waals surface area (Å²) in [6.07, 6.45) is 0.0568. The molecule has 1 fully saturated rings. The van der Waals surface area contributed by atoms with Crippen LogP contribution in [-0.4, -0.2) is 104 Å². The Morgan fingerprint density at radius 3 is 2.68 bits per heavy atom. The highest BCUT2D eigenvalue weighted by atomic mass is 127. The molecule has 3 rings (SSSR count). The highest BCUT2D eigenvalue weighted by Gasteiger charge is 2.42. The quantitative estimate of drug-likeness (QED) is 0.237. The fourth-order valence-electron chi connectivity index (χ4n) is 4.49. The Hall–Kier alpha value is -1.97. The Balaban J connectivity index is 1.98. The molecule has 0 saturated carbocycles. The molecule has 206 valence electrons. The van der Waals surface area contributed by atoms with Gasteiger partial charge in [-0.1, -0.05) is 0 Å². The maximum atomic E-state index is 13.5. The predicted octanol–water partition coefficient (Wildman–Crippen LogP) is 0.219. The molecule has 1 aromatic rings. The van der Waals surface area contributed by atoms with Crippen molar-refractivity contribution >= 4 is 34.4 Å². The molecule has 0 spiro atoms. The highest BCUT2D eigenvalue weighted by Crippen LogP contribution is 2.37. The monoisotopic (exact) mass is 634 g/mol. The van der Waals surface area contributed by atoms with Crippen molar-refractivity contribution in [2.75, 3.05) is 53.7 Å². The fraction of sp³-hybridized carbons (Fsp3) is 0.600. The second kappa shape index (κ2) is 14.3. The van der Waals surface area contributed by atoms with Gasteiger partial charge in [0.2, 0.25) is 11.8 Å². The van der Waals surface area contributed by atoms with Crippen LogP contribution in [0.1, 0.15) is 18.4 Å². The van der Waals surface area contributed by atoms with Gasteiger partial charge >= 0.3 is 0 Å². The number of amides is 2. The number of carbonyl (C=O) groups is 2. The number of halogens is 1. The summed E-state index contributed by atoms with van der Waals surface area (Å²) in [5.74, 6) is -0.224. The molecule has 2 amide bonds. The molecule has 1 aliphatic heterocycles. The number of nitrogens with zero attached hydrogens (tertiary/aromatic N) is 1. The van der Waals surface area contributed by atoms with Gasteiger partial charge in [-0.3, -0.25) is 9.59 Å². The molecular weight excluding hydrogens is 599 g/mol. The normalized spacial score (nSPS) is 23.4. The van der Waals surface area contributed by atoms with Gasteiger partial charge < -0.3 is 44.5 Å². The fourth-order valence-corrected chi connectivity index (χ4v) is 5.28. The highest BCUT2D eigenvalue weighted by molar-refractivity contribution is 14.1. The van der Waals surface area contributed by atoms with Gasteiger partial charge in [0.25, 0.3) is 0 Å². The lowest BCUT2D eigenvalue weighted by Crippen LogP contribution is -2.57. The van der Waals surface area contributed by atoms with Gasteiger partial charge in [0.15, 0.2) is 11.5 Å². The summed E-state index contributed by atoms with van der Waals surface area (Å²) in [5, 5.41) is 32.8. The molecule has 2 aliphatic rings. The third-order valence-electron chi connectivity index (χ3n) is 6.44. The molecule has 1 aromatic carbocycles. The molecule has 12 heteroatoms. The van der Waals surface area contributed by atoms with E-state index in [1.807, 2.05) is 0 Å². The zero-order valence-corrected chi connectivity index (χ0v) is 23.2. The van der Waals surface area contributed by atoms with E-state index in [2.05, 4.69) is 27.9 Å². The summed E-state index contributed by atoms with van der Waals surface area (Å²) in [4.78, 5) is 28.0. The Morgan fingerprint density at radius 1 is 1.27 bits per heavy atom. The van der Waals surface area contributed by atoms with Crippen LogP contribution >= 0.6 is 22.6 Å². The van der Waals surface area contributed by atoms with E-state index in [4.69, 9.17) is 24.1 Å². The summed E-state index contributed by atoms with van der Waals surface area (Å²) in [5.41, 5.74) is 0.956. The van der Waals surface area contributed by atoms with Gasteiger partial charge in [-0.15, -0.1) is 0 Å². The molecular formula is C25H35IN2O9. The van der Waals surface area contributed by atoms with Crippen molar-refractivity contribution in [1.29, 1.82) is 0 Å². The third-order valence-corrected chi connectivity index (χ3v) is 7.24. The van der Waals surface area contributed by atoms with E-state index in [-0.39, 0.29) is 51.2 Å². The first kappa shape index (κ1) is 29.6. The minimum absolute atomic E-state index is 0.0645. The summed E-state index contributed by atoms with van der Waals surface area (Å²) < 4.78 is 23.0. The average molecular weight is 634 g/mol. The van der Waals surface area contributed by atoms with Crippen molar-refractivity contribution in [3.63, 3.8) is 0 Å². The van der Waals surface area contributed by atoms with Gasteiger partial charge in [0.1, 0.15) is 12.2 Å². The van der Waals surface area contributed by atoms with Crippen LogP contribution in [0, 0.1) is 9.49 Å². The summed E-state index contributed by atoms with van der Waals surface area (Å²) >= 11 is 2.05. The molecule has 11 nitrogen and oxygen atoms in total. The van der Waals surface area contributed by atoms with Crippen molar-refractivity contribution < 1.29 is 43.9 Å². The standard InChI is InChI=1S/C25H35IN2O9/c1-34-8-5-28(25(33)16-3-7-36-14-16)19-11-17(24(32)27-4-6-29)12-20(22(19)31)37-23-18(26)9-15(13-30)10-21(23)35-2/h9-10,12,16,19-20,22,29-31H,3-8,11,13-14H2,1-2H3,(H,27,32)/t16?,19-,20+,22+/m1/s1. The number of methoxy groups -OCH3 is 2. The molecule has 1 saturated heterocycles. The SMILES string of the molecule is COCCN(C(=O)C1CCOC1)[C@@H]1CC(C(=O)NCCO)=C[C@H](Oc2c(I)cc(CO)cc2OC)[C@H]1O. The minimum Gasteiger partial charge on any atom is -0.493 e. The molecule has 0 radical (unpaired) electrons. The lowest BCUT2D eigenvalue weighted by molar-refractivity contribution is -0.143. The van der Waals surface area contributed by atoms with Gasteiger partial charge in [0, 0.05) is 38.8 Å². The molecule has 1 heterocycles. The van der Waals surface area contributed by atoms with Crippen molar-refractivity contribution in [1.82, 2.24) is 10.2 Å². The number of benzene rings is 1. The van der Waals surface area contributed by atoms with E-state index in [0.717, 1.165) is 0 Å². The molecule has 4 N–H and O–H groups in total. The number of aliphatic hydroxyl groups excluding tert-OH is 3.